The van der Waals surface area contributed by atoms with Gasteiger partial charge in [0, 0.05) is 17.2 Å². The summed E-state index contributed by atoms with van der Waals surface area (Å²) in [6, 6.07) is 10.9. The van der Waals surface area contributed by atoms with Gasteiger partial charge in [-0.25, -0.2) is 28.4 Å². The van der Waals surface area contributed by atoms with E-state index in [0.717, 1.165) is 21.7 Å². The quantitative estimate of drug-likeness (QED) is 0.0624. The van der Waals surface area contributed by atoms with Gasteiger partial charge in [-0.1, -0.05) is 50.3 Å². The zero-order valence-corrected chi connectivity index (χ0v) is 20.6. The van der Waals surface area contributed by atoms with Crippen LogP contribution in [-0.4, -0.2) is 40.9 Å². The van der Waals surface area contributed by atoms with Crippen molar-refractivity contribution < 1.29 is 8.42 Å². The van der Waals surface area contributed by atoms with Gasteiger partial charge in [0.2, 0.25) is 15.0 Å². The molecule has 0 saturated heterocycles. The van der Waals surface area contributed by atoms with Crippen LogP contribution in [0.3, 0.4) is 0 Å². The molecule has 0 saturated carbocycles. The zero-order valence-electron chi connectivity index (χ0n) is 16.6. The summed E-state index contributed by atoms with van der Waals surface area (Å²) in [5.74, 6) is -0.0173. The molecule has 0 aliphatic carbocycles. The lowest BCUT2D eigenvalue weighted by Crippen LogP contribution is -2.04. The monoisotopic (exact) mass is 555 g/mol. The number of thioether (sulfide) groups is 1. The van der Waals surface area contributed by atoms with E-state index in [1.807, 2.05) is 35.2 Å². The molecule has 4 aromatic rings. The third kappa shape index (κ3) is 8.05. The Morgan fingerprint density at radius 3 is 2.06 bits per heavy atom. The van der Waals surface area contributed by atoms with E-state index in [1.165, 1.54) is 29.2 Å². The molecule has 0 fully saturated rings. The predicted molar refractivity (Wildman–Crippen MR) is 143 cm³/mol. The Morgan fingerprint density at radius 2 is 1.59 bits per heavy atom. The summed E-state index contributed by atoms with van der Waals surface area (Å²) in [7, 11) is -3.56. The smallest absolute Gasteiger partial charge is 0.222 e. The number of halogens is 1. The van der Waals surface area contributed by atoms with Gasteiger partial charge in [-0.05, 0) is 45.9 Å². The topological polar surface area (TPSA) is 134 Å². The molecule has 0 radical (unpaired) electrons. The van der Waals surface area contributed by atoms with Gasteiger partial charge in [0.15, 0.2) is 5.16 Å². The van der Waals surface area contributed by atoms with E-state index in [4.69, 9.17) is 17.1 Å². The van der Waals surface area contributed by atoms with Crippen molar-refractivity contribution in [3.63, 3.8) is 0 Å². The molecule has 4 heterocycles. The van der Waals surface area contributed by atoms with Crippen LogP contribution in [0.25, 0.3) is 31.6 Å². The van der Waals surface area contributed by atoms with E-state index in [9.17, 15) is 8.42 Å². The van der Waals surface area contributed by atoms with Crippen LogP contribution < -0.4 is 0 Å². The maximum Gasteiger partial charge on any atom is 0.247 e. The number of nitrogens with zero attached hydrogens (tertiary/aromatic N) is 7. The van der Waals surface area contributed by atoms with E-state index in [0.29, 0.717) is 16.0 Å². The summed E-state index contributed by atoms with van der Waals surface area (Å²) in [6.07, 6.45) is 2.93. The fourth-order valence-corrected chi connectivity index (χ4v) is 4.77. The largest absolute Gasteiger partial charge is 0.247 e. The zero-order chi connectivity index (χ0) is 23.1. The number of rotatable bonds is 5. The Balaban J connectivity index is 0.000000329. The van der Waals surface area contributed by atoms with Crippen molar-refractivity contribution in [3.05, 3.63) is 62.8 Å². The molecule has 0 unspecified atom stereocenters. The number of thiophene rings is 2. The second kappa shape index (κ2) is 13.4. The van der Waals surface area contributed by atoms with Crippen LogP contribution in [0.1, 0.15) is 14.9 Å². The van der Waals surface area contributed by atoms with Crippen LogP contribution in [-0.2, 0) is 9.84 Å². The summed E-state index contributed by atoms with van der Waals surface area (Å²) in [5, 5.41) is 8.03. The summed E-state index contributed by atoms with van der Waals surface area (Å²) in [5.41, 5.74) is 9.70. The van der Waals surface area contributed by atoms with Crippen molar-refractivity contribution in [3.8, 4) is 21.1 Å². The summed E-state index contributed by atoms with van der Waals surface area (Å²) in [4.78, 5) is 20.6. The molecule has 14 heteroatoms. The molecule has 34 heavy (non-hydrogen) atoms. The number of aromatic nitrogens is 4. The first-order valence-electron chi connectivity index (χ1n) is 8.60. The van der Waals surface area contributed by atoms with Gasteiger partial charge >= 0.3 is 0 Å². The van der Waals surface area contributed by atoms with Crippen LogP contribution in [0, 0.1) is 0 Å². The Hall–Kier alpha value is -2.54. The lowest BCUT2D eigenvalue weighted by atomic mass is 10.3. The predicted octanol–water partition coefficient (Wildman–Crippen LogP) is 7.40. The second-order valence-corrected chi connectivity index (χ2v) is 10.8. The molecule has 0 bridgehead atoms. The van der Waals surface area contributed by atoms with E-state index in [1.54, 1.807) is 23.5 Å². The minimum atomic E-state index is -3.56. The standard InChI is InChI=1S/C9H7ClN2S2.C9H7N5O2S2.2CH4/c1-13-9-11-6(5-8(10)12-9)7-3-2-4-14-7;1-18(15,16)9-11-6(7-3-2-4-17-7)5-8(12-9)13-14-10;;/h2-5H,1H3;2-5H,1H3;2*1H4. The van der Waals surface area contributed by atoms with Gasteiger partial charge in [-0.15, -0.1) is 22.7 Å². The number of sulfone groups is 1. The molecule has 0 spiro atoms. The lowest BCUT2D eigenvalue weighted by molar-refractivity contribution is 0.593. The van der Waals surface area contributed by atoms with Gasteiger partial charge in [-0.3, -0.25) is 0 Å². The van der Waals surface area contributed by atoms with Crippen molar-refractivity contribution in [1.82, 2.24) is 19.9 Å². The Labute approximate surface area is 215 Å². The molecule has 180 valence electrons. The van der Waals surface area contributed by atoms with Crippen LogP contribution >= 0.6 is 46.0 Å². The van der Waals surface area contributed by atoms with Crippen LogP contribution in [0.2, 0.25) is 5.15 Å². The minimum Gasteiger partial charge on any atom is -0.222 e. The second-order valence-electron chi connectivity index (χ2n) is 5.87. The summed E-state index contributed by atoms with van der Waals surface area (Å²) in [6.45, 7) is 0. The number of hydrogen-bond donors (Lipinski definition) is 0. The summed E-state index contributed by atoms with van der Waals surface area (Å²) < 4.78 is 22.9. The van der Waals surface area contributed by atoms with Crippen LogP contribution in [0.5, 0.6) is 0 Å². The maximum absolute atomic E-state index is 11.5. The van der Waals surface area contributed by atoms with E-state index < -0.39 is 9.84 Å². The molecule has 9 nitrogen and oxygen atoms in total. The van der Waals surface area contributed by atoms with Gasteiger partial charge in [0.25, 0.3) is 0 Å². The molecular formula is C20H22ClN7O2S4. The van der Waals surface area contributed by atoms with Crippen molar-refractivity contribution in [2.45, 2.75) is 25.2 Å². The third-order valence-electron chi connectivity index (χ3n) is 3.58. The molecule has 0 aliphatic rings. The first-order valence-corrected chi connectivity index (χ1v) is 13.9. The molecule has 0 aromatic carbocycles. The van der Waals surface area contributed by atoms with Crippen LogP contribution in [0.15, 0.2) is 62.6 Å². The SMILES string of the molecule is C.C.CS(=O)(=O)c1nc(N=[N+]=[N-])cc(-c2cccs2)n1.CSc1nc(Cl)cc(-c2cccs2)n1. The summed E-state index contributed by atoms with van der Waals surface area (Å²) >= 11 is 10.4. The molecule has 0 aliphatic heterocycles. The van der Waals surface area contributed by atoms with E-state index in [2.05, 4.69) is 30.0 Å². The van der Waals surface area contributed by atoms with Gasteiger partial charge in [0.05, 0.1) is 21.1 Å². The lowest BCUT2D eigenvalue weighted by Gasteiger charge is -2.02. The highest BCUT2D eigenvalue weighted by atomic mass is 35.5. The minimum absolute atomic E-state index is 0. The Kier molecular flexibility index (Phi) is 11.6. The highest BCUT2D eigenvalue weighted by molar-refractivity contribution is 7.98. The van der Waals surface area contributed by atoms with Gasteiger partial charge < -0.3 is 0 Å². The van der Waals surface area contributed by atoms with Crippen molar-refractivity contribution in [1.29, 1.82) is 0 Å². The van der Waals surface area contributed by atoms with Crippen LogP contribution in [0.4, 0.5) is 5.82 Å². The normalized spacial score (nSPS) is 10.1. The molecule has 0 amide bonds. The average Bonchev–Trinajstić information content (AvgIpc) is 3.47. The first-order chi connectivity index (χ1) is 15.3. The van der Waals surface area contributed by atoms with E-state index >= 15 is 0 Å². The number of azide groups is 1. The third-order valence-corrected chi connectivity index (χ3v) is 6.95. The number of hydrogen-bond acceptors (Lipinski definition) is 10. The fraction of sp³-hybridized carbons (Fsp3) is 0.200. The highest BCUT2D eigenvalue weighted by Gasteiger charge is 2.15. The molecule has 0 atom stereocenters. The van der Waals surface area contributed by atoms with Crippen molar-refractivity contribution in [2.75, 3.05) is 12.5 Å². The molecule has 0 N–H and O–H groups in total. The Morgan fingerprint density at radius 1 is 1.00 bits per heavy atom. The maximum atomic E-state index is 11.5. The fourth-order valence-electron chi connectivity index (χ4n) is 2.26. The highest BCUT2D eigenvalue weighted by Crippen LogP contribution is 2.27. The van der Waals surface area contributed by atoms with Crippen molar-refractivity contribution in [2.24, 2.45) is 5.11 Å². The van der Waals surface area contributed by atoms with Crippen molar-refractivity contribution >= 4 is 61.7 Å². The Bertz CT molecular complexity index is 1360. The van der Waals surface area contributed by atoms with Gasteiger partial charge in [-0.2, -0.15) is 0 Å². The molecular weight excluding hydrogens is 534 g/mol. The van der Waals surface area contributed by atoms with E-state index in [-0.39, 0.29) is 25.8 Å². The molecule has 4 aromatic heterocycles. The first kappa shape index (κ1) is 29.5. The molecule has 4 rings (SSSR count). The average molecular weight is 556 g/mol. The van der Waals surface area contributed by atoms with Gasteiger partial charge in [0.1, 0.15) is 11.0 Å².